The van der Waals surface area contributed by atoms with E-state index in [1.54, 1.807) is 0 Å². The van der Waals surface area contributed by atoms with Crippen LogP contribution in [0.3, 0.4) is 0 Å². The number of ether oxygens (including phenoxy) is 1. The molecule has 1 aromatic rings. The van der Waals surface area contributed by atoms with Gasteiger partial charge in [-0.3, -0.25) is 9.59 Å². The first kappa shape index (κ1) is 21.0. The lowest BCUT2D eigenvalue weighted by Crippen LogP contribution is -2.37. The number of amides is 2. The molecule has 1 fully saturated rings. The number of nitrogens with one attached hydrogen (secondary N) is 2. The average Bonchev–Trinajstić information content (AvgIpc) is 2.86. The second kappa shape index (κ2) is 8.59. The van der Waals surface area contributed by atoms with Gasteiger partial charge in [0.1, 0.15) is 5.75 Å². The van der Waals surface area contributed by atoms with E-state index in [1.807, 2.05) is 0 Å². The Morgan fingerprint density at radius 3 is 2.37 bits per heavy atom. The number of benzene rings is 1. The zero-order valence-corrected chi connectivity index (χ0v) is 15.0. The molecule has 0 aliphatic carbocycles. The fourth-order valence-corrected chi connectivity index (χ4v) is 4.25. The fraction of sp³-hybridized carbons (Fsp3) is 0.500. The van der Waals surface area contributed by atoms with Gasteiger partial charge in [-0.15, -0.1) is 13.2 Å². The number of carbonyl (C=O) groups is 2. The molecule has 1 heterocycles. The molecule has 2 amide bonds. The minimum atomic E-state index is -4.78. The van der Waals surface area contributed by atoms with Crippen molar-refractivity contribution in [3.8, 4) is 5.75 Å². The second-order valence-corrected chi connectivity index (χ2v) is 8.36. The van der Waals surface area contributed by atoms with Crippen molar-refractivity contribution < 1.29 is 35.9 Å². The normalized spacial score (nSPS) is 18.7. The highest BCUT2D eigenvalue weighted by Gasteiger charge is 2.31. The molecule has 1 atom stereocenters. The van der Waals surface area contributed by atoms with Crippen molar-refractivity contribution in [2.75, 3.05) is 18.1 Å². The maximum absolute atomic E-state index is 12.1. The molecule has 150 valence electrons. The predicted molar refractivity (Wildman–Crippen MR) is 89.7 cm³/mol. The summed E-state index contributed by atoms with van der Waals surface area (Å²) in [6, 6.07) is 4.51. The van der Waals surface area contributed by atoms with Crippen molar-refractivity contribution >= 4 is 21.7 Å². The number of carbonyl (C=O) groups excluding carboxylic acids is 2. The Balaban J connectivity index is 1.68. The van der Waals surface area contributed by atoms with Crippen LogP contribution in [-0.4, -0.2) is 50.7 Å². The zero-order chi connectivity index (χ0) is 20.1. The van der Waals surface area contributed by atoms with Crippen LogP contribution in [-0.2, 0) is 25.8 Å². The molecule has 1 aliphatic heterocycles. The second-order valence-electron chi connectivity index (χ2n) is 6.14. The summed E-state index contributed by atoms with van der Waals surface area (Å²) in [5.74, 6) is -1.14. The molecular formula is C16H19F3N2O5S. The van der Waals surface area contributed by atoms with Crippen molar-refractivity contribution in [2.24, 2.45) is 0 Å². The highest BCUT2D eigenvalue weighted by atomic mass is 32.2. The minimum Gasteiger partial charge on any atom is -0.406 e. The summed E-state index contributed by atoms with van der Waals surface area (Å²) in [5.41, 5.74) is 0.489. The Bertz CT molecular complexity index is 778. The van der Waals surface area contributed by atoms with Gasteiger partial charge < -0.3 is 15.4 Å². The molecule has 2 N–H and O–H groups in total. The summed E-state index contributed by atoms with van der Waals surface area (Å²) in [7, 11) is -3.08. The molecule has 0 bridgehead atoms. The van der Waals surface area contributed by atoms with E-state index in [0.29, 0.717) is 12.0 Å². The molecule has 1 aliphatic rings. The first-order chi connectivity index (χ1) is 12.5. The molecule has 7 nitrogen and oxygen atoms in total. The van der Waals surface area contributed by atoms with E-state index >= 15 is 0 Å². The van der Waals surface area contributed by atoms with Crippen LogP contribution in [0.15, 0.2) is 24.3 Å². The van der Waals surface area contributed by atoms with Gasteiger partial charge in [-0.25, -0.2) is 8.42 Å². The van der Waals surface area contributed by atoms with Crippen LogP contribution in [0.4, 0.5) is 13.2 Å². The number of alkyl halides is 3. The maximum atomic E-state index is 12.1. The molecule has 0 saturated carbocycles. The van der Waals surface area contributed by atoms with Gasteiger partial charge in [-0.05, 0) is 24.1 Å². The summed E-state index contributed by atoms with van der Waals surface area (Å²) >= 11 is 0. The Hall–Kier alpha value is -2.30. The Morgan fingerprint density at radius 2 is 1.81 bits per heavy atom. The van der Waals surface area contributed by atoms with Crippen LogP contribution in [0.25, 0.3) is 0 Å². The Morgan fingerprint density at radius 1 is 1.15 bits per heavy atom. The monoisotopic (exact) mass is 408 g/mol. The van der Waals surface area contributed by atoms with Crippen molar-refractivity contribution in [2.45, 2.75) is 31.7 Å². The van der Waals surface area contributed by atoms with Gasteiger partial charge in [0.2, 0.25) is 11.8 Å². The largest absolute Gasteiger partial charge is 0.573 e. The highest BCUT2D eigenvalue weighted by molar-refractivity contribution is 7.91. The number of sulfone groups is 1. The number of halogens is 3. The van der Waals surface area contributed by atoms with Crippen LogP contribution in [0, 0.1) is 0 Å². The van der Waals surface area contributed by atoms with Crippen molar-refractivity contribution in [1.29, 1.82) is 0 Å². The number of hydrogen-bond acceptors (Lipinski definition) is 5. The quantitative estimate of drug-likeness (QED) is 0.699. The molecule has 0 radical (unpaired) electrons. The zero-order valence-electron chi connectivity index (χ0n) is 14.2. The molecule has 2 rings (SSSR count). The first-order valence-corrected chi connectivity index (χ1v) is 9.96. The smallest absolute Gasteiger partial charge is 0.406 e. The third-order valence-electron chi connectivity index (χ3n) is 3.79. The van der Waals surface area contributed by atoms with Gasteiger partial charge in [0, 0.05) is 19.0 Å². The van der Waals surface area contributed by atoms with E-state index in [-0.39, 0.29) is 42.5 Å². The van der Waals surface area contributed by atoms with Gasteiger partial charge in [0.15, 0.2) is 9.84 Å². The van der Waals surface area contributed by atoms with Crippen LogP contribution in [0.5, 0.6) is 5.75 Å². The molecular weight excluding hydrogens is 389 g/mol. The number of rotatable bonds is 7. The van der Waals surface area contributed by atoms with Crippen LogP contribution < -0.4 is 15.4 Å². The van der Waals surface area contributed by atoms with E-state index in [4.69, 9.17) is 0 Å². The molecule has 0 unspecified atom stereocenters. The topological polar surface area (TPSA) is 102 Å². The van der Waals surface area contributed by atoms with Crippen molar-refractivity contribution in [3.05, 3.63) is 29.8 Å². The lowest BCUT2D eigenvalue weighted by molar-refractivity contribution is -0.274. The minimum absolute atomic E-state index is 0.000643. The molecule has 11 heteroatoms. The summed E-state index contributed by atoms with van der Waals surface area (Å²) in [5, 5.41) is 5.13. The Labute approximate surface area is 154 Å². The fourth-order valence-electron chi connectivity index (χ4n) is 2.58. The SMILES string of the molecule is O=C(Cc1ccc(OC(F)(F)F)cc1)NCCC(=O)N[C@@H]1CCS(=O)(=O)C1. The van der Waals surface area contributed by atoms with Gasteiger partial charge in [-0.1, -0.05) is 12.1 Å². The van der Waals surface area contributed by atoms with Gasteiger partial charge in [0.05, 0.1) is 17.9 Å². The van der Waals surface area contributed by atoms with Crippen molar-refractivity contribution in [1.82, 2.24) is 10.6 Å². The van der Waals surface area contributed by atoms with E-state index in [0.717, 1.165) is 12.1 Å². The van der Waals surface area contributed by atoms with Gasteiger partial charge in [0.25, 0.3) is 0 Å². The molecule has 27 heavy (non-hydrogen) atoms. The van der Waals surface area contributed by atoms with Crippen LogP contribution in [0.1, 0.15) is 18.4 Å². The van der Waals surface area contributed by atoms with E-state index in [1.165, 1.54) is 12.1 Å². The predicted octanol–water partition coefficient (Wildman–Crippen LogP) is 0.937. The summed E-state index contributed by atoms with van der Waals surface area (Å²) < 4.78 is 62.6. The summed E-state index contributed by atoms with van der Waals surface area (Å²) in [4.78, 5) is 23.5. The lowest BCUT2D eigenvalue weighted by Gasteiger charge is -2.11. The average molecular weight is 408 g/mol. The summed E-state index contributed by atoms with van der Waals surface area (Å²) in [6.07, 6.45) is -4.45. The van der Waals surface area contributed by atoms with Crippen LogP contribution >= 0.6 is 0 Å². The Kier molecular flexibility index (Phi) is 6.68. The first-order valence-electron chi connectivity index (χ1n) is 8.13. The lowest BCUT2D eigenvalue weighted by atomic mass is 10.1. The third-order valence-corrected chi connectivity index (χ3v) is 5.56. The van der Waals surface area contributed by atoms with Crippen molar-refractivity contribution in [3.63, 3.8) is 0 Å². The van der Waals surface area contributed by atoms with Gasteiger partial charge in [-0.2, -0.15) is 0 Å². The van der Waals surface area contributed by atoms with E-state index in [2.05, 4.69) is 15.4 Å². The molecule has 1 saturated heterocycles. The number of hydrogen-bond donors (Lipinski definition) is 2. The maximum Gasteiger partial charge on any atom is 0.573 e. The molecule has 0 spiro atoms. The molecule has 1 aromatic carbocycles. The highest BCUT2D eigenvalue weighted by Crippen LogP contribution is 2.22. The van der Waals surface area contributed by atoms with E-state index < -0.39 is 28.1 Å². The third kappa shape index (κ3) is 7.85. The van der Waals surface area contributed by atoms with Crippen LogP contribution in [0.2, 0.25) is 0 Å². The molecule has 0 aromatic heterocycles. The van der Waals surface area contributed by atoms with Gasteiger partial charge >= 0.3 is 6.36 Å². The standard InChI is InChI=1S/C16H19F3N2O5S/c17-16(18,19)26-13-3-1-11(2-4-13)9-15(23)20-7-5-14(22)21-12-6-8-27(24,25)10-12/h1-4,12H,5-10H2,(H,20,23)(H,21,22)/t12-/m1/s1. The summed E-state index contributed by atoms with van der Waals surface area (Å²) in [6.45, 7) is 0.0689. The van der Waals surface area contributed by atoms with E-state index in [9.17, 15) is 31.2 Å².